The van der Waals surface area contributed by atoms with Crippen LogP contribution in [0.4, 0.5) is 5.69 Å². The van der Waals surface area contributed by atoms with E-state index in [0.29, 0.717) is 27.3 Å². The van der Waals surface area contributed by atoms with Crippen molar-refractivity contribution in [1.29, 1.82) is 0 Å². The topological polar surface area (TPSA) is 101 Å². The maximum Gasteiger partial charge on any atom is 0.241 e. The van der Waals surface area contributed by atoms with Crippen LogP contribution in [0.15, 0.2) is 90.1 Å². The molecule has 0 radical (unpaired) electrons. The van der Waals surface area contributed by atoms with Crippen molar-refractivity contribution in [3.63, 3.8) is 0 Å². The summed E-state index contributed by atoms with van der Waals surface area (Å²) in [6.07, 6.45) is 3.07. The number of fused-ring (bicyclic) bond motifs is 1. The Bertz CT molecular complexity index is 1350. The minimum atomic E-state index is -3.88. The number of carbonyl (C=O) groups excluding carboxylic acids is 1. The second-order valence-corrected chi connectivity index (χ2v) is 9.20. The van der Waals surface area contributed by atoms with Crippen LogP contribution in [0.5, 0.6) is 0 Å². The molecule has 1 unspecified atom stereocenters. The number of hydrogen-bond acceptors (Lipinski definition) is 5. The van der Waals surface area contributed by atoms with Crippen LogP contribution in [-0.2, 0) is 14.8 Å². The molecular formula is C23H19ClN4O3S. The molecule has 7 nitrogen and oxygen atoms in total. The largest absolute Gasteiger partial charge is 0.326 e. The third-order valence-electron chi connectivity index (χ3n) is 4.77. The van der Waals surface area contributed by atoms with Gasteiger partial charge in [0.2, 0.25) is 15.9 Å². The number of amides is 1. The Morgan fingerprint density at radius 3 is 2.31 bits per heavy atom. The van der Waals surface area contributed by atoms with Gasteiger partial charge in [-0.15, -0.1) is 0 Å². The monoisotopic (exact) mass is 466 g/mol. The summed E-state index contributed by atoms with van der Waals surface area (Å²) in [7, 11) is -3.88. The minimum Gasteiger partial charge on any atom is -0.326 e. The first-order chi connectivity index (χ1) is 15.4. The third kappa shape index (κ3) is 5.28. The summed E-state index contributed by atoms with van der Waals surface area (Å²) in [5, 5.41) is 3.24. The summed E-state index contributed by atoms with van der Waals surface area (Å²) >= 11 is 5.87. The fourth-order valence-electron chi connectivity index (χ4n) is 3.22. The van der Waals surface area contributed by atoms with E-state index in [-0.39, 0.29) is 17.2 Å². The summed E-state index contributed by atoms with van der Waals surface area (Å²) in [5.74, 6) is -0.346. The number of rotatable bonds is 7. The predicted octanol–water partition coefficient (Wildman–Crippen LogP) is 4.33. The van der Waals surface area contributed by atoms with E-state index in [1.807, 2.05) is 6.07 Å². The summed E-state index contributed by atoms with van der Waals surface area (Å²) in [6.45, 7) is 0. The van der Waals surface area contributed by atoms with Crippen molar-refractivity contribution >= 4 is 44.3 Å². The zero-order valence-electron chi connectivity index (χ0n) is 16.8. The fraction of sp³-hybridized carbons (Fsp3) is 0.0870. The van der Waals surface area contributed by atoms with Crippen LogP contribution in [0.2, 0.25) is 5.02 Å². The summed E-state index contributed by atoms with van der Waals surface area (Å²) < 4.78 is 28.5. The lowest BCUT2D eigenvalue weighted by atomic mass is 10.0. The van der Waals surface area contributed by atoms with Gasteiger partial charge in [-0.25, -0.2) is 13.1 Å². The molecule has 162 valence electrons. The summed E-state index contributed by atoms with van der Waals surface area (Å²) in [5.41, 5.74) is 2.58. The number of sulfonamides is 1. The molecule has 1 atom stereocenters. The fourth-order valence-corrected chi connectivity index (χ4v) is 4.57. The van der Waals surface area contributed by atoms with Gasteiger partial charge in [-0.1, -0.05) is 41.9 Å². The first kappa shape index (κ1) is 21.9. The molecule has 4 aromatic rings. The molecule has 0 saturated carbocycles. The number of nitrogens with one attached hydrogen (secondary N) is 2. The predicted molar refractivity (Wildman–Crippen MR) is 124 cm³/mol. The van der Waals surface area contributed by atoms with Gasteiger partial charge in [0.1, 0.15) is 0 Å². The average Bonchev–Trinajstić information content (AvgIpc) is 2.79. The number of benzene rings is 3. The molecule has 3 aromatic carbocycles. The van der Waals surface area contributed by atoms with E-state index >= 15 is 0 Å². The van der Waals surface area contributed by atoms with E-state index in [2.05, 4.69) is 20.0 Å². The highest BCUT2D eigenvalue weighted by Gasteiger charge is 2.24. The lowest BCUT2D eigenvalue weighted by Crippen LogP contribution is -2.31. The van der Waals surface area contributed by atoms with Gasteiger partial charge in [-0.3, -0.25) is 14.8 Å². The van der Waals surface area contributed by atoms with E-state index in [1.54, 1.807) is 54.9 Å². The number of halogens is 1. The number of hydrogen-bond donors (Lipinski definition) is 2. The Morgan fingerprint density at radius 2 is 1.59 bits per heavy atom. The van der Waals surface area contributed by atoms with Crippen LogP contribution in [0.3, 0.4) is 0 Å². The van der Waals surface area contributed by atoms with Crippen molar-refractivity contribution in [1.82, 2.24) is 14.7 Å². The van der Waals surface area contributed by atoms with Gasteiger partial charge in [0.05, 0.1) is 22.0 Å². The lowest BCUT2D eigenvalue weighted by molar-refractivity contribution is -0.116. The van der Waals surface area contributed by atoms with Crippen molar-refractivity contribution in [2.75, 3.05) is 5.32 Å². The molecule has 0 bridgehead atoms. The molecule has 0 aliphatic rings. The zero-order chi connectivity index (χ0) is 22.6. The van der Waals surface area contributed by atoms with Gasteiger partial charge in [-0.05, 0) is 48.0 Å². The van der Waals surface area contributed by atoms with Crippen molar-refractivity contribution in [2.24, 2.45) is 0 Å². The second kappa shape index (κ2) is 9.44. The Hall–Kier alpha value is -3.33. The Labute approximate surface area is 190 Å². The Morgan fingerprint density at radius 1 is 0.906 bits per heavy atom. The smallest absolute Gasteiger partial charge is 0.241 e. The third-order valence-corrected chi connectivity index (χ3v) is 6.51. The molecule has 0 aliphatic carbocycles. The molecule has 0 fully saturated rings. The van der Waals surface area contributed by atoms with E-state index in [0.717, 1.165) is 0 Å². The Balaban J connectivity index is 1.55. The lowest BCUT2D eigenvalue weighted by Gasteiger charge is -2.19. The second-order valence-electron chi connectivity index (χ2n) is 7.05. The van der Waals surface area contributed by atoms with Gasteiger partial charge in [-0.2, -0.15) is 0 Å². The molecule has 0 aliphatic heterocycles. The van der Waals surface area contributed by atoms with E-state index in [1.165, 1.54) is 24.3 Å². The molecule has 32 heavy (non-hydrogen) atoms. The molecule has 9 heteroatoms. The van der Waals surface area contributed by atoms with Crippen molar-refractivity contribution < 1.29 is 13.2 Å². The van der Waals surface area contributed by atoms with Crippen molar-refractivity contribution in [3.05, 3.63) is 95.8 Å². The zero-order valence-corrected chi connectivity index (χ0v) is 18.3. The average molecular weight is 467 g/mol. The molecule has 4 rings (SSSR count). The van der Waals surface area contributed by atoms with Crippen molar-refractivity contribution in [2.45, 2.75) is 17.4 Å². The summed E-state index contributed by atoms with van der Waals surface area (Å²) in [4.78, 5) is 21.3. The standard InChI is InChI=1S/C23H19ClN4O3S/c24-17-6-9-19(10-7-17)32(30,31)28-21(16-4-2-1-3-5-16)15-23(29)27-18-8-11-20-22(14-18)26-13-12-25-20/h1-14,21,28H,15H2,(H,27,29). The highest BCUT2D eigenvalue weighted by Crippen LogP contribution is 2.23. The highest BCUT2D eigenvalue weighted by atomic mass is 35.5. The minimum absolute atomic E-state index is 0.0661. The van der Waals surface area contributed by atoms with Crippen LogP contribution in [0.1, 0.15) is 18.0 Å². The number of anilines is 1. The van der Waals surface area contributed by atoms with E-state index in [4.69, 9.17) is 11.6 Å². The van der Waals surface area contributed by atoms with Crippen molar-refractivity contribution in [3.8, 4) is 0 Å². The van der Waals surface area contributed by atoms with E-state index < -0.39 is 16.1 Å². The van der Waals surface area contributed by atoms with Gasteiger partial charge in [0.25, 0.3) is 0 Å². The summed E-state index contributed by atoms with van der Waals surface area (Å²) in [6, 6.07) is 19.2. The first-order valence-electron chi connectivity index (χ1n) is 9.74. The number of nitrogens with zero attached hydrogens (tertiary/aromatic N) is 2. The van der Waals surface area contributed by atoms with Crippen LogP contribution in [0, 0.1) is 0 Å². The van der Waals surface area contributed by atoms with Gasteiger partial charge < -0.3 is 5.32 Å². The Kier molecular flexibility index (Phi) is 6.45. The van der Waals surface area contributed by atoms with Crippen LogP contribution >= 0.6 is 11.6 Å². The number of aromatic nitrogens is 2. The SMILES string of the molecule is O=C(CC(NS(=O)(=O)c1ccc(Cl)cc1)c1ccccc1)Nc1ccc2nccnc2c1. The molecule has 1 amide bonds. The maximum absolute atomic E-state index is 12.9. The molecule has 2 N–H and O–H groups in total. The number of carbonyl (C=O) groups is 1. The molecule has 1 aromatic heterocycles. The normalized spacial score (nSPS) is 12.4. The van der Waals surface area contributed by atoms with Crippen LogP contribution < -0.4 is 10.0 Å². The maximum atomic E-state index is 12.9. The molecule has 1 heterocycles. The highest BCUT2D eigenvalue weighted by molar-refractivity contribution is 7.89. The van der Waals surface area contributed by atoms with Gasteiger partial charge >= 0.3 is 0 Å². The first-order valence-corrected chi connectivity index (χ1v) is 11.6. The quantitative estimate of drug-likeness (QED) is 0.422. The van der Waals surface area contributed by atoms with E-state index in [9.17, 15) is 13.2 Å². The molecule has 0 spiro atoms. The van der Waals surface area contributed by atoms with Gasteiger partial charge in [0, 0.05) is 29.5 Å². The van der Waals surface area contributed by atoms with Crippen LogP contribution in [0.25, 0.3) is 11.0 Å². The van der Waals surface area contributed by atoms with Crippen LogP contribution in [-0.4, -0.2) is 24.3 Å². The molecular weight excluding hydrogens is 448 g/mol. The molecule has 0 saturated heterocycles. The van der Waals surface area contributed by atoms with Gasteiger partial charge in [0.15, 0.2) is 0 Å².